The van der Waals surface area contributed by atoms with Gasteiger partial charge in [-0.25, -0.2) is 4.79 Å². The number of esters is 1. The molecule has 0 heterocycles. The molecule has 1 amide bonds. The molecule has 0 radical (unpaired) electrons. The lowest BCUT2D eigenvalue weighted by Crippen LogP contribution is -2.66. The van der Waals surface area contributed by atoms with E-state index >= 15 is 0 Å². The molecule has 0 aromatic rings. The quantitative estimate of drug-likeness (QED) is 0.157. The molecular formula is C12H10F11NO7S. The summed E-state index contributed by atoms with van der Waals surface area (Å²) in [5.41, 5.74) is 0. The average molecular weight is 521 g/mol. The van der Waals surface area contributed by atoms with E-state index in [0.717, 1.165) is 0 Å². The van der Waals surface area contributed by atoms with E-state index in [1.54, 1.807) is 0 Å². The second kappa shape index (κ2) is 9.33. The largest absolute Gasteiger partial charge is 0.466 e. The zero-order valence-corrected chi connectivity index (χ0v) is 15.6. The zero-order valence-electron chi connectivity index (χ0n) is 14.7. The van der Waals surface area contributed by atoms with E-state index < -0.39 is 70.6 Å². The van der Waals surface area contributed by atoms with Gasteiger partial charge < -0.3 is 14.8 Å². The monoisotopic (exact) mass is 521 g/mol. The van der Waals surface area contributed by atoms with Crippen LogP contribution in [0, 0.1) is 0 Å². The van der Waals surface area contributed by atoms with Gasteiger partial charge in [-0.3, -0.25) is 9.35 Å². The third-order valence-electron chi connectivity index (χ3n) is 3.09. The van der Waals surface area contributed by atoms with Gasteiger partial charge >= 0.3 is 51.6 Å². The molecule has 20 heteroatoms. The molecular weight excluding hydrogens is 511 g/mol. The Kier molecular flexibility index (Phi) is 8.69. The first-order valence-electron chi connectivity index (χ1n) is 7.27. The van der Waals surface area contributed by atoms with E-state index in [4.69, 9.17) is 4.55 Å². The summed E-state index contributed by atoms with van der Waals surface area (Å²) in [4.78, 5) is 22.9. The Bertz CT molecular complexity index is 805. The molecule has 8 nitrogen and oxygen atoms in total. The second-order valence-electron chi connectivity index (χ2n) is 5.44. The normalized spacial score (nSPS) is 15.8. The second-order valence-corrected chi connectivity index (χ2v) is 6.99. The lowest BCUT2D eigenvalue weighted by Gasteiger charge is -2.35. The number of alkyl halides is 11. The molecule has 0 saturated carbocycles. The van der Waals surface area contributed by atoms with E-state index in [1.165, 1.54) is 0 Å². The lowest BCUT2D eigenvalue weighted by molar-refractivity contribution is -0.350. The Balaban J connectivity index is 6.33. The van der Waals surface area contributed by atoms with Gasteiger partial charge in [0.25, 0.3) is 0 Å². The summed E-state index contributed by atoms with van der Waals surface area (Å²) >= 11 is 0. The molecule has 1 unspecified atom stereocenters. The van der Waals surface area contributed by atoms with Gasteiger partial charge in [-0.1, -0.05) is 6.58 Å². The fourth-order valence-corrected chi connectivity index (χ4v) is 1.95. The molecule has 0 aromatic carbocycles. The average Bonchev–Trinajstić information content (AvgIpc) is 2.53. The summed E-state index contributed by atoms with van der Waals surface area (Å²) in [6.45, 7) is 0.257. The molecule has 0 aromatic heterocycles. The van der Waals surface area contributed by atoms with Crippen LogP contribution in [0.3, 0.4) is 0 Å². The molecule has 0 rings (SSSR count). The molecule has 0 spiro atoms. The smallest absolute Gasteiger partial charge is 0.412 e. The highest BCUT2D eigenvalue weighted by molar-refractivity contribution is 7.86. The van der Waals surface area contributed by atoms with Crippen molar-refractivity contribution in [1.82, 2.24) is 5.32 Å². The first-order valence-corrected chi connectivity index (χ1v) is 8.71. The molecule has 0 saturated heterocycles. The predicted octanol–water partition coefficient (Wildman–Crippen LogP) is 2.47. The molecule has 0 bridgehead atoms. The highest BCUT2D eigenvalue weighted by Crippen LogP contribution is 2.39. The Morgan fingerprint density at radius 1 is 0.969 bits per heavy atom. The van der Waals surface area contributed by atoms with Crippen LogP contribution in [0.15, 0.2) is 12.7 Å². The van der Waals surface area contributed by atoms with Crippen molar-refractivity contribution in [1.29, 1.82) is 0 Å². The number of nitrogens with one attached hydrogen (secondary N) is 1. The zero-order chi connectivity index (χ0) is 26.0. The van der Waals surface area contributed by atoms with Gasteiger partial charge in [0.15, 0.2) is 0 Å². The van der Waals surface area contributed by atoms with Crippen LogP contribution in [0.5, 0.6) is 0 Å². The van der Waals surface area contributed by atoms with Crippen molar-refractivity contribution in [3.8, 4) is 0 Å². The van der Waals surface area contributed by atoms with E-state index in [1.807, 2.05) is 0 Å². The molecule has 2 N–H and O–H groups in total. The first-order chi connectivity index (χ1) is 13.9. The highest BCUT2D eigenvalue weighted by atomic mass is 32.2. The lowest BCUT2D eigenvalue weighted by atomic mass is 10.2. The van der Waals surface area contributed by atoms with Gasteiger partial charge in [-0.05, 0) is 0 Å². The van der Waals surface area contributed by atoms with Crippen molar-refractivity contribution in [2.45, 2.75) is 42.0 Å². The van der Waals surface area contributed by atoms with Crippen molar-refractivity contribution in [3.63, 3.8) is 0 Å². The van der Waals surface area contributed by atoms with Gasteiger partial charge in [0.1, 0.15) is 0 Å². The Morgan fingerprint density at radius 3 is 1.72 bits per heavy atom. The van der Waals surface area contributed by atoms with E-state index in [0.29, 0.717) is 0 Å². The fourth-order valence-electron chi connectivity index (χ4n) is 1.61. The number of ether oxygens (including phenoxy) is 2. The molecule has 188 valence electrons. The summed E-state index contributed by atoms with van der Waals surface area (Å²) in [5, 5.41) is -5.40. The van der Waals surface area contributed by atoms with Gasteiger partial charge in [0.2, 0.25) is 6.04 Å². The van der Waals surface area contributed by atoms with Gasteiger partial charge in [-0.2, -0.15) is 56.7 Å². The summed E-state index contributed by atoms with van der Waals surface area (Å²) in [6, 6.07) is -4.96. The van der Waals surface area contributed by atoms with Crippen molar-refractivity contribution >= 4 is 22.0 Å². The third-order valence-corrected chi connectivity index (χ3v) is 4.05. The molecule has 32 heavy (non-hydrogen) atoms. The molecule has 1 atom stereocenters. The van der Waals surface area contributed by atoms with Gasteiger partial charge in [0, 0.05) is 6.08 Å². The van der Waals surface area contributed by atoms with Crippen LogP contribution < -0.4 is 5.32 Å². The van der Waals surface area contributed by atoms with Crippen LogP contribution in [0.4, 0.5) is 48.3 Å². The Morgan fingerprint density at radius 2 is 1.41 bits per heavy atom. The summed E-state index contributed by atoms with van der Waals surface area (Å²) in [6.07, 6.45) is -22.0. The van der Waals surface area contributed by atoms with Crippen LogP contribution in [0.2, 0.25) is 0 Å². The first kappa shape index (κ1) is 29.8. The maximum Gasteiger partial charge on any atom is 0.466 e. The fraction of sp³-hybridized carbons (Fsp3) is 0.667. The van der Waals surface area contributed by atoms with Crippen molar-refractivity contribution in [2.75, 3.05) is 6.61 Å². The highest BCUT2D eigenvalue weighted by Gasteiger charge is 2.69. The minimum absolute atomic E-state index is 0.149. The number of halogens is 11. The Hall–Kier alpha value is -2.22. The molecule has 0 fully saturated rings. The standard InChI is InChI=1S/C12H10F11NO7S/c1-2-5(25)31-9(12(21,22)23,30-4-3-8(13,14)32(27,28)29)7(26)24-6(10(15,16)17)11(18,19)20/h2,6H,1,3-4H2,(H,24,26)(H,27,28,29). The number of amides is 1. The molecule has 0 aliphatic carbocycles. The number of rotatable bonds is 9. The number of carbonyl (C=O) groups excluding carboxylic acids is 2. The van der Waals surface area contributed by atoms with E-state index in [-0.39, 0.29) is 11.4 Å². The number of hydrogen-bond acceptors (Lipinski definition) is 6. The van der Waals surface area contributed by atoms with E-state index in [9.17, 15) is 66.3 Å². The van der Waals surface area contributed by atoms with E-state index in [2.05, 4.69) is 16.1 Å². The van der Waals surface area contributed by atoms with Gasteiger partial charge in [-0.15, -0.1) is 0 Å². The molecule has 0 aliphatic rings. The van der Waals surface area contributed by atoms with Crippen LogP contribution in [0.25, 0.3) is 0 Å². The van der Waals surface area contributed by atoms with Crippen LogP contribution in [-0.2, 0) is 29.2 Å². The SMILES string of the molecule is C=CC(=O)OC(OCCC(F)(F)S(=O)(=O)O)(C(=O)NC(C(F)(F)F)C(F)(F)F)C(F)(F)F. The minimum Gasteiger partial charge on any atom is -0.412 e. The topological polar surface area (TPSA) is 119 Å². The van der Waals surface area contributed by atoms with Gasteiger partial charge in [0.05, 0.1) is 13.0 Å². The summed E-state index contributed by atoms with van der Waals surface area (Å²) < 4.78 is 178. The van der Waals surface area contributed by atoms with Crippen LogP contribution in [-0.4, -0.2) is 67.1 Å². The van der Waals surface area contributed by atoms with Crippen molar-refractivity contribution in [3.05, 3.63) is 12.7 Å². The van der Waals surface area contributed by atoms with Crippen LogP contribution in [0.1, 0.15) is 6.42 Å². The number of carbonyl (C=O) groups is 2. The minimum atomic E-state index is -6.51. The predicted molar refractivity (Wildman–Crippen MR) is 76.2 cm³/mol. The van der Waals surface area contributed by atoms with Crippen molar-refractivity contribution in [2.24, 2.45) is 0 Å². The maximum absolute atomic E-state index is 13.4. The molecule has 0 aliphatic heterocycles. The number of hydrogen-bond donors (Lipinski definition) is 2. The van der Waals surface area contributed by atoms with Crippen LogP contribution >= 0.6 is 0 Å². The summed E-state index contributed by atoms with van der Waals surface area (Å²) in [5.74, 6) is -11.2. The maximum atomic E-state index is 13.4. The summed E-state index contributed by atoms with van der Waals surface area (Å²) in [7, 11) is -6.28. The Labute approximate surface area is 170 Å². The third kappa shape index (κ3) is 7.15. The van der Waals surface area contributed by atoms with Crippen molar-refractivity contribution < 1.29 is 80.3 Å².